The molecule has 3 heterocycles. The summed E-state index contributed by atoms with van der Waals surface area (Å²) in [6, 6.07) is 12.0. The molecule has 120 valence electrons. The van der Waals surface area contributed by atoms with Crippen molar-refractivity contribution >= 4 is 33.8 Å². The zero-order chi connectivity index (χ0) is 16.9. The number of pyridine rings is 1. The van der Waals surface area contributed by atoms with Gasteiger partial charge in [-0.25, -0.2) is 4.98 Å². The third-order valence-electron chi connectivity index (χ3n) is 3.73. The summed E-state index contributed by atoms with van der Waals surface area (Å²) in [6.07, 6.45) is -4.55. The Kier molecular flexibility index (Phi) is 3.21. The Morgan fingerprint density at radius 2 is 1.83 bits per heavy atom. The summed E-state index contributed by atoms with van der Waals surface area (Å²) >= 11 is 1.24. The average molecular weight is 346 g/mol. The standard InChI is InChI=1S/C17H9F3N2OS/c18-17(19,20)14-8-7-10(15(23)13-6-3-9-24-13)16-21-11-4-1-2-5-12(11)22(14)16/h1-9H. The van der Waals surface area contributed by atoms with Gasteiger partial charge in [-0.2, -0.15) is 13.2 Å². The van der Waals surface area contributed by atoms with Crippen LogP contribution in [0.25, 0.3) is 16.7 Å². The summed E-state index contributed by atoms with van der Waals surface area (Å²) in [5.41, 5.74) is 0.0510. The molecule has 3 aromatic heterocycles. The van der Waals surface area contributed by atoms with Crippen molar-refractivity contribution < 1.29 is 18.0 Å². The molecule has 0 spiro atoms. The van der Waals surface area contributed by atoms with Gasteiger partial charge in [0.15, 0.2) is 0 Å². The topological polar surface area (TPSA) is 34.4 Å². The molecule has 0 unspecified atom stereocenters. The molecule has 24 heavy (non-hydrogen) atoms. The molecule has 0 atom stereocenters. The third kappa shape index (κ3) is 2.20. The number of hydrogen-bond donors (Lipinski definition) is 0. The van der Waals surface area contributed by atoms with Crippen LogP contribution in [0.4, 0.5) is 13.2 Å². The Labute approximate surface area is 138 Å². The second-order valence-corrected chi connectivity index (χ2v) is 6.14. The molecule has 0 aliphatic carbocycles. The monoisotopic (exact) mass is 346 g/mol. The number of carbonyl (C=O) groups is 1. The van der Waals surface area contributed by atoms with Crippen LogP contribution in [0.2, 0.25) is 0 Å². The Morgan fingerprint density at radius 3 is 2.54 bits per heavy atom. The van der Waals surface area contributed by atoms with Crippen LogP contribution in [-0.2, 0) is 6.18 Å². The molecule has 3 nitrogen and oxygen atoms in total. The van der Waals surface area contributed by atoms with Crippen LogP contribution in [0.3, 0.4) is 0 Å². The number of ketones is 1. The average Bonchev–Trinajstić information content (AvgIpc) is 3.20. The Morgan fingerprint density at radius 1 is 1.04 bits per heavy atom. The number of imidazole rings is 1. The zero-order valence-corrected chi connectivity index (χ0v) is 12.9. The van der Waals surface area contributed by atoms with Gasteiger partial charge in [0.05, 0.1) is 21.5 Å². The van der Waals surface area contributed by atoms with Crippen molar-refractivity contribution in [2.45, 2.75) is 6.18 Å². The molecular weight excluding hydrogens is 337 g/mol. The summed E-state index contributed by atoms with van der Waals surface area (Å²) < 4.78 is 41.2. The lowest BCUT2D eigenvalue weighted by molar-refractivity contribution is -0.141. The van der Waals surface area contributed by atoms with Gasteiger partial charge in [0.25, 0.3) is 0 Å². The lowest BCUT2D eigenvalue weighted by Gasteiger charge is -2.12. The Balaban J connectivity index is 2.09. The molecule has 0 bridgehead atoms. The van der Waals surface area contributed by atoms with Crippen molar-refractivity contribution in [1.29, 1.82) is 0 Å². The molecule has 0 saturated heterocycles. The number of carbonyl (C=O) groups excluding carboxylic acids is 1. The molecule has 7 heteroatoms. The molecule has 1 aromatic carbocycles. The van der Waals surface area contributed by atoms with Crippen molar-refractivity contribution in [3.8, 4) is 0 Å². The van der Waals surface area contributed by atoms with Crippen LogP contribution in [0.1, 0.15) is 20.9 Å². The van der Waals surface area contributed by atoms with E-state index in [0.717, 1.165) is 10.5 Å². The van der Waals surface area contributed by atoms with E-state index < -0.39 is 11.9 Å². The second-order valence-electron chi connectivity index (χ2n) is 5.20. The van der Waals surface area contributed by atoms with Gasteiger partial charge in [-0.1, -0.05) is 18.2 Å². The van der Waals surface area contributed by atoms with Crippen LogP contribution in [0.5, 0.6) is 0 Å². The summed E-state index contributed by atoms with van der Waals surface area (Å²) in [7, 11) is 0. The molecule has 0 saturated carbocycles. The second kappa shape index (κ2) is 5.17. The van der Waals surface area contributed by atoms with Gasteiger partial charge in [0.2, 0.25) is 5.78 Å². The maximum Gasteiger partial charge on any atom is 0.431 e. The smallest absolute Gasteiger partial charge is 0.288 e. The van der Waals surface area contributed by atoms with Crippen LogP contribution in [-0.4, -0.2) is 15.2 Å². The largest absolute Gasteiger partial charge is 0.431 e. The van der Waals surface area contributed by atoms with Crippen LogP contribution in [0.15, 0.2) is 53.9 Å². The Bertz CT molecular complexity index is 1060. The van der Waals surface area contributed by atoms with E-state index in [-0.39, 0.29) is 17.0 Å². The third-order valence-corrected chi connectivity index (χ3v) is 4.60. The minimum atomic E-state index is -4.55. The molecule has 0 amide bonds. The fourth-order valence-electron chi connectivity index (χ4n) is 2.70. The highest BCUT2D eigenvalue weighted by molar-refractivity contribution is 7.12. The predicted molar refractivity (Wildman–Crippen MR) is 85.5 cm³/mol. The predicted octanol–water partition coefficient (Wildman–Crippen LogP) is 4.80. The summed E-state index contributed by atoms with van der Waals surface area (Å²) in [4.78, 5) is 17.4. The van der Waals surface area contributed by atoms with Crippen molar-refractivity contribution in [3.05, 3.63) is 70.0 Å². The molecule has 4 rings (SSSR count). The number of aromatic nitrogens is 2. The van der Waals surface area contributed by atoms with E-state index >= 15 is 0 Å². The maximum absolute atomic E-state index is 13.4. The van der Waals surface area contributed by atoms with Crippen LogP contribution >= 0.6 is 11.3 Å². The van der Waals surface area contributed by atoms with Crippen molar-refractivity contribution in [1.82, 2.24) is 9.38 Å². The first-order valence-electron chi connectivity index (χ1n) is 7.02. The van der Waals surface area contributed by atoms with E-state index in [2.05, 4.69) is 4.98 Å². The summed E-state index contributed by atoms with van der Waals surface area (Å²) in [6.45, 7) is 0. The quantitative estimate of drug-likeness (QED) is 0.489. The molecule has 4 aromatic rings. The lowest BCUT2D eigenvalue weighted by atomic mass is 10.1. The maximum atomic E-state index is 13.4. The molecule has 0 radical (unpaired) electrons. The van der Waals surface area contributed by atoms with Gasteiger partial charge in [-0.05, 0) is 35.7 Å². The number of alkyl halides is 3. The lowest BCUT2D eigenvalue weighted by Crippen LogP contribution is -2.13. The molecule has 0 aliphatic rings. The minimum Gasteiger partial charge on any atom is -0.288 e. The summed E-state index contributed by atoms with van der Waals surface area (Å²) in [5.74, 6) is -0.334. The van der Waals surface area contributed by atoms with Crippen molar-refractivity contribution in [3.63, 3.8) is 0 Å². The van der Waals surface area contributed by atoms with E-state index in [0.29, 0.717) is 15.9 Å². The van der Waals surface area contributed by atoms with Crippen molar-refractivity contribution in [2.24, 2.45) is 0 Å². The molecule has 0 fully saturated rings. The van der Waals surface area contributed by atoms with Crippen LogP contribution in [0, 0.1) is 0 Å². The fraction of sp³-hybridized carbons (Fsp3) is 0.0588. The highest BCUT2D eigenvalue weighted by Crippen LogP contribution is 2.33. The van der Waals surface area contributed by atoms with Gasteiger partial charge >= 0.3 is 6.18 Å². The van der Waals surface area contributed by atoms with E-state index in [1.54, 1.807) is 41.8 Å². The number of rotatable bonds is 2. The molecule has 0 aliphatic heterocycles. The van der Waals surface area contributed by atoms with E-state index in [4.69, 9.17) is 0 Å². The first-order valence-corrected chi connectivity index (χ1v) is 7.90. The summed E-state index contributed by atoms with van der Waals surface area (Å²) in [5, 5.41) is 1.75. The zero-order valence-electron chi connectivity index (χ0n) is 12.0. The SMILES string of the molecule is O=C(c1cccs1)c1ccc(C(F)(F)F)n2c1nc1ccccc12. The Hall–Kier alpha value is -2.67. The molecular formula is C17H9F3N2OS. The minimum absolute atomic E-state index is 0.0180. The first-order chi connectivity index (χ1) is 11.5. The van der Waals surface area contributed by atoms with E-state index in [1.165, 1.54) is 17.4 Å². The normalized spacial score (nSPS) is 12.1. The number of para-hydroxylation sites is 2. The number of benzene rings is 1. The fourth-order valence-corrected chi connectivity index (χ4v) is 3.38. The number of halogens is 3. The van der Waals surface area contributed by atoms with Gasteiger partial charge in [0.1, 0.15) is 11.3 Å². The highest BCUT2D eigenvalue weighted by atomic mass is 32.1. The van der Waals surface area contributed by atoms with Crippen LogP contribution < -0.4 is 0 Å². The van der Waals surface area contributed by atoms with E-state index in [1.807, 2.05) is 0 Å². The van der Waals surface area contributed by atoms with Crippen molar-refractivity contribution in [2.75, 3.05) is 0 Å². The van der Waals surface area contributed by atoms with Gasteiger partial charge < -0.3 is 0 Å². The van der Waals surface area contributed by atoms with Gasteiger partial charge in [-0.15, -0.1) is 11.3 Å². The number of fused-ring (bicyclic) bond motifs is 3. The van der Waals surface area contributed by atoms with Gasteiger partial charge in [-0.3, -0.25) is 9.20 Å². The molecule has 0 N–H and O–H groups in total. The number of nitrogens with zero attached hydrogens (tertiary/aromatic N) is 2. The highest BCUT2D eigenvalue weighted by Gasteiger charge is 2.35. The van der Waals surface area contributed by atoms with E-state index in [9.17, 15) is 18.0 Å². The number of thiophene rings is 1. The first kappa shape index (κ1) is 14.9. The number of hydrogen-bond acceptors (Lipinski definition) is 3. The van der Waals surface area contributed by atoms with Gasteiger partial charge in [0, 0.05) is 0 Å².